The zero-order chi connectivity index (χ0) is 20.4. The van der Waals surface area contributed by atoms with E-state index in [2.05, 4.69) is 0 Å². The lowest BCUT2D eigenvalue weighted by Gasteiger charge is -2.39. The highest BCUT2D eigenvalue weighted by Crippen LogP contribution is 2.29. The number of aromatic hydroxyl groups is 1. The van der Waals surface area contributed by atoms with Gasteiger partial charge in [-0.2, -0.15) is 0 Å². The van der Waals surface area contributed by atoms with Gasteiger partial charge in [-0.15, -0.1) is 0 Å². The van der Waals surface area contributed by atoms with Crippen molar-refractivity contribution in [2.75, 3.05) is 26.4 Å². The molecule has 1 fully saturated rings. The molecular formula is C18H24FN3O6. The van der Waals surface area contributed by atoms with Crippen LogP contribution in [0.2, 0.25) is 0 Å². The average Bonchev–Trinajstić information content (AvgIpc) is 2.66. The highest BCUT2D eigenvalue weighted by Gasteiger charge is 2.38. The summed E-state index contributed by atoms with van der Waals surface area (Å²) in [4.78, 5) is 39.1. The fourth-order valence-electron chi connectivity index (χ4n) is 3.45. The van der Waals surface area contributed by atoms with E-state index in [0.29, 0.717) is 19.6 Å². The summed E-state index contributed by atoms with van der Waals surface area (Å²) in [7, 11) is 0. The summed E-state index contributed by atoms with van der Waals surface area (Å²) < 4.78 is 25.7. The Labute approximate surface area is 161 Å². The molecule has 0 aromatic carbocycles. The Hall–Kier alpha value is -2.46. The quantitative estimate of drug-likeness (QED) is 0.714. The number of nitrogens with zero attached hydrogens (tertiary/aromatic N) is 2. The van der Waals surface area contributed by atoms with E-state index in [9.17, 15) is 23.9 Å². The number of pyridine rings is 1. The number of aromatic nitrogens is 1. The number of hydrogen-bond donors (Lipinski definition) is 2. The maximum absolute atomic E-state index is 13.1. The second-order valence-corrected chi connectivity index (χ2v) is 6.95. The molecule has 1 aromatic heterocycles. The van der Waals surface area contributed by atoms with Crippen molar-refractivity contribution in [3.8, 4) is 5.75 Å². The van der Waals surface area contributed by atoms with Gasteiger partial charge in [-0.3, -0.25) is 14.4 Å². The molecule has 2 unspecified atom stereocenters. The van der Waals surface area contributed by atoms with E-state index in [4.69, 9.17) is 9.47 Å². The summed E-state index contributed by atoms with van der Waals surface area (Å²) in [5, 5.41) is 12.4. The van der Waals surface area contributed by atoms with Gasteiger partial charge in [0.15, 0.2) is 24.0 Å². The Morgan fingerprint density at radius 2 is 2.11 bits per heavy atom. The standard InChI is InChI=1S/C18H24FN3O6/c1-10-4-3-5-27-6-7-28-13-9-21(10)18(26)14-16(24)15(23)12(8-22(13)14)17(25)20-11(2)19/h8,10-11,13,24H,3-7,9H2,1-2H3,(H,20,25)/t10-,11?,13?/m0/s1. The van der Waals surface area contributed by atoms with Crippen LogP contribution < -0.4 is 10.7 Å². The van der Waals surface area contributed by atoms with Gasteiger partial charge in [0.1, 0.15) is 5.56 Å². The van der Waals surface area contributed by atoms with E-state index in [1.165, 1.54) is 4.57 Å². The third-order valence-corrected chi connectivity index (χ3v) is 4.89. The van der Waals surface area contributed by atoms with Gasteiger partial charge in [0.25, 0.3) is 11.8 Å². The smallest absolute Gasteiger partial charge is 0.274 e. The number of hydrogen-bond acceptors (Lipinski definition) is 6. The summed E-state index contributed by atoms with van der Waals surface area (Å²) in [5.74, 6) is -2.34. The molecule has 0 aliphatic carbocycles. The molecule has 10 heteroatoms. The van der Waals surface area contributed by atoms with E-state index in [1.54, 1.807) is 4.90 Å². The van der Waals surface area contributed by atoms with Crippen molar-refractivity contribution >= 4 is 11.8 Å². The molecule has 1 aromatic rings. The zero-order valence-corrected chi connectivity index (χ0v) is 15.8. The molecule has 28 heavy (non-hydrogen) atoms. The Morgan fingerprint density at radius 3 is 2.82 bits per heavy atom. The molecule has 2 aliphatic heterocycles. The van der Waals surface area contributed by atoms with Crippen LogP contribution in [0.1, 0.15) is 53.8 Å². The van der Waals surface area contributed by atoms with Crippen LogP contribution in [-0.4, -0.2) is 65.1 Å². The van der Waals surface area contributed by atoms with Crippen LogP contribution in [0, 0.1) is 0 Å². The van der Waals surface area contributed by atoms with Gasteiger partial charge in [-0.05, 0) is 26.7 Å². The van der Waals surface area contributed by atoms with Gasteiger partial charge >= 0.3 is 0 Å². The zero-order valence-electron chi connectivity index (χ0n) is 15.8. The fourth-order valence-corrected chi connectivity index (χ4v) is 3.45. The molecule has 1 saturated heterocycles. The van der Waals surface area contributed by atoms with Crippen molar-refractivity contribution in [2.24, 2.45) is 0 Å². The van der Waals surface area contributed by atoms with Crippen LogP contribution in [0.15, 0.2) is 11.0 Å². The minimum atomic E-state index is -1.68. The number of carbonyl (C=O) groups excluding carboxylic acids is 2. The van der Waals surface area contributed by atoms with Gasteiger partial charge in [-0.25, -0.2) is 4.39 Å². The molecule has 2 bridgehead atoms. The van der Waals surface area contributed by atoms with Crippen LogP contribution in [0.3, 0.4) is 0 Å². The highest BCUT2D eigenvalue weighted by atomic mass is 19.1. The van der Waals surface area contributed by atoms with Crippen LogP contribution in [0.25, 0.3) is 0 Å². The normalized spacial score (nSPS) is 24.1. The molecule has 2 aliphatic rings. The molecule has 3 heterocycles. The Balaban J connectivity index is 2.09. The van der Waals surface area contributed by atoms with Crippen LogP contribution in [0.4, 0.5) is 4.39 Å². The molecule has 3 atom stereocenters. The summed E-state index contributed by atoms with van der Waals surface area (Å²) >= 11 is 0. The van der Waals surface area contributed by atoms with Gasteiger partial charge in [0.05, 0.1) is 19.8 Å². The third-order valence-electron chi connectivity index (χ3n) is 4.89. The van der Waals surface area contributed by atoms with Crippen LogP contribution >= 0.6 is 0 Å². The minimum Gasteiger partial charge on any atom is -0.503 e. The van der Waals surface area contributed by atoms with Crippen molar-refractivity contribution in [3.63, 3.8) is 0 Å². The van der Waals surface area contributed by atoms with Crippen LogP contribution in [0.5, 0.6) is 5.75 Å². The maximum atomic E-state index is 13.1. The summed E-state index contributed by atoms with van der Waals surface area (Å²) in [6, 6.07) is -0.154. The predicted molar refractivity (Wildman–Crippen MR) is 95.9 cm³/mol. The van der Waals surface area contributed by atoms with Crippen molar-refractivity contribution in [1.82, 2.24) is 14.8 Å². The second-order valence-electron chi connectivity index (χ2n) is 6.95. The molecule has 2 N–H and O–H groups in total. The Kier molecular flexibility index (Phi) is 5.99. The predicted octanol–water partition coefficient (Wildman–Crippen LogP) is 0.769. The lowest BCUT2D eigenvalue weighted by Crippen LogP contribution is -2.49. The van der Waals surface area contributed by atoms with Crippen molar-refractivity contribution in [2.45, 2.75) is 45.3 Å². The third kappa shape index (κ3) is 3.88. The number of alkyl halides is 1. The topological polar surface area (TPSA) is 110 Å². The molecule has 3 rings (SSSR count). The molecular weight excluding hydrogens is 373 g/mol. The summed E-state index contributed by atoms with van der Waals surface area (Å²) in [6.07, 6.45) is 0.185. The number of halogens is 1. The number of fused-ring (bicyclic) bond motifs is 4. The first-order valence-corrected chi connectivity index (χ1v) is 9.24. The van der Waals surface area contributed by atoms with Crippen molar-refractivity contribution < 1.29 is 28.6 Å². The number of amides is 2. The van der Waals surface area contributed by atoms with E-state index in [-0.39, 0.29) is 24.9 Å². The number of rotatable bonds is 2. The van der Waals surface area contributed by atoms with Crippen molar-refractivity contribution in [3.05, 3.63) is 27.7 Å². The van der Waals surface area contributed by atoms with Gasteiger partial charge < -0.3 is 29.4 Å². The SMILES string of the molecule is CC(F)NC(=O)c1cn2c(c(O)c1=O)C(=O)N1CC2OCCOCCC[C@@H]1C. The minimum absolute atomic E-state index is 0.154. The maximum Gasteiger partial charge on any atom is 0.274 e. The first kappa shape index (κ1) is 20.3. The number of ether oxygens (including phenoxy) is 2. The average molecular weight is 397 g/mol. The molecule has 0 spiro atoms. The second kappa shape index (κ2) is 8.27. The largest absolute Gasteiger partial charge is 0.503 e. The number of carbonyl (C=O) groups is 2. The highest BCUT2D eigenvalue weighted by molar-refractivity contribution is 5.99. The van der Waals surface area contributed by atoms with Gasteiger partial charge in [-0.1, -0.05) is 0 Å². The summed E-state index contributed by atoms with van der Waals surface area (Å²) in [6.45, 7) is 4.30. The van der Waals surface area contributed by atoms with Crippen LogP contribution in [-0.2, 0) is 9.47 Å². The molecule has 0 saturated carbocycles. The lowest BCUT2D eigenvalue weighted by molar-refractivity contribution is -0.0518. The van der Waals surface area contributed by atoms with Gasteiger partial charge in [0, 0.05) is 18.8 Å². The molecule has 9 nitrogen and oxygen atoms in total. The van der Waals surface area contributed by atoms with Gasteiger partial charge in [0.2, 0.25) is 5.43 Å². The summed E-state index contributed by atoms with van der Waals surface area (Å²) in [5.41, 5.74) is -1.73. The first-order valence-electron chi connectivity index (χ1n) is 9.24. The lowest BCUT2D eigenvalue weighted by atomic mass is 10.1. The van der Waals surface area contributed by atoms with E-state index < -0.39 is 41.1 Å². The molecule has 154 valence electrons. The first-order chi connectivity index (χ1) is 13.3. The van der Waals surface area contributed by atoms with Crippen molar-refractivity contribution in [1.29, 1.82) is 0 Å². The Bertz CT molecular complexity index is 824. The van der Waals surface area contributed by atoms with E-state index >= 15 is 0 Å². The molecule has 0 radical (unpaired) electrons. The number of nitrogens with one attached hydrogen (secondary N) is 1. The van der Waals surface area contributed by atoms with E-state index in [1.807, 2.05) is 12.2 Å². The monoisotopic (exact) mass is 397 g/mol. The van der Waals surface area contributed by atoms with E-state index in [0.717, 1.165) is 19.5 Å². The Morgan fingerprint density at radius 1 is 1.36 bits per heavy atom. The molecule has 2 amide bonds. The fraction of sp³-hybridized carbons (Fsp3) is 0.611.